The van der Waals surface area contributed by atoms with Crippen LogP contribution in [0.2, 0.25) is 5.02 Å². The smallest absolute Gasteiger partial charge is 0.311 e. The van der Waals surface area contributed by atoms with Gasteiger partial charge in [-0.05, 0) is 36.4 Å². The van der Waals surface area contributed by atoms with Gasteiger partial charge in [0, 0.05) is 29.5 Å². The summed E-state index contributed by atoms with van der Waals surface area (Å²) in [5.41, 5.74) is 1.56. The number of halogens is 1. The van der Waals surface area contributed by atoms with Crippen molar-refractivity contribution in [3.63, 3.8) is 0 Å². The Morgan fingerprint density at radius 3 is 2.41 bits per heavy atom. The molecule has 1 aliphatic rings. The molecule has 0 atom stereocenters. The normalized spacial score (nSPS) is 14.3. The van der Waals surface area contributed by atoms with Gasteiger partial charge in [-0.25, -0.2) is 4.79 Å². The van der Waals surface area contributed by atoms with Gasteiger partial charge in [0.05, 0.1) is 0 Å². The van der Waals surface area contributed by atoms with E-state index in [0.717, 1.165) is 5.69 Å². The summed E-state index contributed by atoms with van der Waals surface area (Å²) in [6.45, 7) is 1.09. The molecule has 2 aromatic rings. The van der Waals surface area contributed by atoms with Gasteiger partial charge in [-0.3, -0.25) is 10.3 Å². The van der Waals surface area contributed by atoms with Gasteiger partial charge in [-0.15, -0.1) is 0 Å². The number of nitrogens with one attached hydrogen (secondary N) is 2. The Kier molecular flexibility index (Phi) is 3.98. The molecule has 0 radical (unpaired) electrons. The van der Waals surface area contributed by atoms with E-state index in [2.05, 4.69) is 5.32 Å². The topological polar surface area (TPSA) is 59.4 Å². The van der Waals surface area contributed by atoms with Gasteiger partial charge in [-0.1, -0.05) is 29.8 Å². The van der Waals surface area contributed by atoms with Crippen LogP contribution in [0.1, 0.15) is 0 Å². The molecule has 0 aliphatic carbocycles. The highest BCUT2D eigenvalue weighted by molar-refractivity contribution is 6.30. The first-order valence-electron chi connectivity index (χ1n) is 6.90. The van der Waals surface area contributed by atoms with Gasteiger partial charge in [-0.2, -0.15) is 0 Å². The van der Waals surface area contributed by atoms with Crippen molar-refractivity contribution in [3.05, 3.63) is 59.6 Å². The number of carbonyl (C=O) groups excluding carboxylic acids is 1. The molecular formula is C16H15ClN4O. The summed E-state index contributed by atoms with van der Waals surface area (Å²) < 4.78 is 0. The number of para-hydroxylation sites is 1. The first-order valence-corrected chi connectivity index (χ1v) is 7.28. The Labute approximate surface area is 133 Å². The molecule has 2 aromatic carbocycles. The lowest BCUT2D eigenvalue weighted by Gasteiger charge is -2.20. The third-order valence-corrected chi connectivity index (χ3v) is 3.72. The van der Waals surface area contributed by atoms with Gasteiger partial charge in [0.25, 0.3) is 0 Å². The highest BCUT2D eigenvalue weighted by Crippen LogP contribution is 2.20. The number of hydrogen-bond donors (Lipinski definition) is 2. The first kappa shape index (κ1) is 14.4. The number of guanidine groups is 1. The number of nitrogens with zero attached hydrogens (tertiary/aromatic N) is 2. The van der Waals surface area contributed by atoms with E-state index in [4.69, 9.17) is 17.0 Å². The zero-order valence-corrected chi connectivity index (χ0v) is 12.5. The summed E-state index contributed by atoms with van der Waals surface area (Å²) >= 11 is 5.82. The van der Waals surface area contributed by atoms with Crippen LogP contribution in [0.5, 0.6) is 0 Å². The van der Waals surface area contributed by atoms with Crippen molar-refractivity contribution in [2.24, 2.45) is 0 Å². The average Bonchev–Trinajstić information content (AvgIpc) is 2.92. The van der Waals surface area contributed by atoms with Crippen molar-refractivity contribution >= 4 is 35.0 Å². The predicted octanol–water partition coefficient (Wildman–Crippen LogP) is 3.63. The molecule has 22 heavy (non-hydrogen) atoms. The van der Waals surface area contributed by atoms with Gasteiger partial charge in [0.2, 0.25) is 5.96 Å². The quantitative estimate of drug-likeness (QED) is 0.889. The number of amides is 2. The molecule has 0 spiro atoms. The number of urea groups is 1. The van der Waals surface area contributed by atoms with Gasteiger partial charge in [0.15, 0.2) is 0 Å². The minimum atomic E-state index is -0.314. The highest BCUT2D eigenvalue weighted by atomic mass is 35.5. The van der Waals surface area contributed by atoms with Gasteiger partial charge < -0.3 is 10.2 Å². The standard InChI is InChI=1S/C16H15ClN4O/c17-12-6-8-13(9-7-12)19-16(22)21-11-10-20(15(21)18)14-4-2-1-3-5-14/h1-9,18H,10-11H2,(H,19,22). The molecule has 1 heterocycles. The fourth-order valence-electron chi connectivity index (χ4n) is 2.34. The fourth-order valence-corrected chi connectivity index (χ4v) is 2.46. The lowest BCUT2D eigenvalue weighted by molar-refractivity contribution is 0.236. The van der Waals surface area contributed by atoms with E-state index in [1.807, 2.05) is 30.3 Å². The molecule has 0 aromatic heterocycles. The monoisotopic (exact) mass is 314 g/mol. The van der Waals surface area contributed by atoms with E-state index >= 15 is 0 Å². The Balaban J connectivity index is 1.69. The summed E-state index contributed by atoms with van der Waals surface area (Å²) in [6, 6.07) is 16.2. The Morgan fingerprint density at radius 1 is 1.05 bits per heavy atom. The highest BCUT2D eigenvalue weighted by Gasteiger charge is 2.30. The van der Waals surface area contributed by atoms with Crippen LogP contribution in [0.15, 0.2) is 54.6 Å². The molecule has 1 saturated heterocycles. The molecule has 112 valence electrons. The van der Waals surface area contributed by atoms with Crippen LogP contribution in [-0.4, -0.2) is 30.0 Å². The van der Waals surface area contributed by atoms with E-state index < -0.39 is 0 Å². The summed E-state index contributed by atoms with van der Waals surface area (Å²) in [7, 11) is 0. The summed E-state index contributed by atoms with van der Waals surface area (Å²) in [6.07, 6.45) is 0. The first-order chi connectivity index (χ1) is 10.6. The van der Waals surface area contributed by atoms with Crippen LogP contribution < -0.4 is 10.2 Å². The second kappa shape index (κ2) is 6.07. The maximum atomic E-state index is 12.3. The zero-order chi connectivity index (χ0) is 15.5. The lowest BCUT2D eigenvalue weighted by atomic mass is 10.3. The van der Waals surface area contributed by atoms with Crippen LogP contribution >= 0.6 is 11.6 Å². The van der Waals surface area contributed by atoms with E-state index in [9.17, 15) is 4.79 Å². The summed E-state index contributed by atoms with van der Waals surface area (Å²) in [5.74, 6) is 0.178. The maximum Gasteiger partial charge on any atom is 0.328 e. The van der Waals surface area contributed by atoms with E-state index in [0.29, 0.717) is 23.8 Å². The number of anilines is 2. The van der Waals surface area contributed by atoms with Crippen molar-refractivity contribution < 1.29 is 4.79 Å². The van der Waals surface area contributed by atoms with E-state index in [-0.39, 0.29) is 12.0 Å². The van der Waals surface area contributed by atoms with Crippen LogP contribution in [0, 0.1) is 5.41 Å². The van der Waals surface area contributed by atoms with Crippen LogP contribution in [0.4, 0.5) is 16.2 Å². The van der Waals surface area contributed by atoms with E-state index in [1.54, 1.807) is 29.2 Å². The summed E-state index contributed by atoms with van der Waals surface area (Å²) in [5, 5.41) is 11.6. The molecule has 2 amide bonds. The van der Waals surface area contributed by atoms with Gasteiger partial charge >= 0.3 is 6.03 Å². The zero-order valence-electron chi connectivity index (χ0n) is 11.8. The summed E-state index contributed by atoms with van der Waals surface area (Å²) in [4.78, 5) is 15.5. The number of carbonyl (C=O) groups is 1. The third kappa shape index (κ3) is 2.89. The Bertz CT molecular complexity index is 687. The van der Waals surface area contributed by atoms with Crippen molar-refractivity contribution in [1.29, 1.82) is 5.41 Å². The van der Waals surface area contributed by atoms with Crippen molar-refractivity contribution in [3.8, 4) is 0 Å². The number of rotatable bonds is 2. The van der Waals surface area contributed by atoms with Crippen LogP contribution in [0.3, 0.4) is 0 Å². The molecule has 1 aliphatic heterocycles. The Hall–Kier alpha value is -2.53. The molecule has 0 unspecified atom stereocenters. The van der Waals surface area contributed by atoms with E-state index in [1.165, 1.54) is 4.90 Å². The van der Waals surface area contributed by atoms with Crippen LogP contribution in [0.25, 0.3) is 0 Å². The maximum absolute atomic E-state index is 12.3. The Morgan fingerprint density at radius 2 is 1.73 bits per heavy atom. The second-order valence-electron chi connectivity index (χ2n) is 4.90. The average molecular weight is 315 g/mol. The minimum absolute atomic E-state index is 0.178. The van der Waals surface area contributed by atoms with Crippen molar-refractivity contribution in [2.75, 3.05) is 23.3 Å². The predicted molar refractivity (Wildman–Crippen MR) is 88.7 cm³/mol. The lowest BCUT2D eigenvalue weighted by Crippen LogP contribution is -2.39. The SMILES string of the molecule is N=C1N(C(=O)Nc2ccc(Cl)cc2)CCN1c1ccccc1. The number of hydrogen-bond acceptors (Lipinski definition) is 2. The fraction of sp³-hybridized carbons (Fsp3) is 0.125. The largest absolute Gasteiger partial charge is 0.328 e. The molecule has 0 bridgehead atoms. The molecule has 5 nitrogen and oxygen atoms in total. The third-order valence-electron chi connectivity index (χ3n) is 3.47. The molecule has 0 saturated carbocycles. The number of benzene rings is 2. The molecule has 6 heteroatoms. The van der Waals surface area contributed by atoms with Crippen LogP contribution in [-0.2, 0) is 0 Å². The van der Waals surface area contributed by atoms with Crippen molar-refractivity contribution in [1.82, 2.24) is 4.90 Å². The van der Waals surface area contributed by atoms with Crippen molar-refractivity contribution in [2.45, 2.75) is 0 Å². The molecular weight excluding hydrogens is 300 g/mol. The molecule has 1 fully saturated rings. The second-order valence-corrected chi connectivity index (χ2v) is 5.34. The van der Waals surface area contributed by atoms with Gasteiger partial charge in [0.1, 0.15) is 0 Å². The molecule has 3 rings (SSSR count). The molecule has 2 N–H and O–H groups in total. The minimum Gasteiger partial charge on any atom is -0.311 e.